The van der Waals surface area contributed by atoms with E-state index in [0.717, 1.165) is 17.0 Å². The number of nitrogens with zero attached hydrogens (tertiary/aromatic N) is 2. The number of halogens is 1. The van der Waals surface area contributed by atoms with E-state index in [1.807, 2.05) is 14.0 Å². The predicted octanol–water partition coefficient (Wildman–Crippen LogP) is 1.56. The van der Waals surface area contributed by atoms with Gasteiger partial charge in [-0.2, -0.15) is 5.10 Å². The molecule has 0 saturated heterocycles. The first-order chi connectivity index (χ1) is 7.72. The molecule has 0 amide bonds. The van der Waals surface area contributed by atoms with Gasteiger partial charge in [-0.1, -0.05) is 6.07 Å². The Kier molecular flexibility index (Phi) is 2.96. The maximum atomic E-state index is 13.0. The van der Waals surface area contributed by atoms with Gasteiger partial charge in [-0.05, 0) is 37.2 Å². The van der Waals surface area contributed by atoms with Crippen LogP contribution >= 0.6 is 0 Å². The molecule has 0 radical (unpaired) electrons. The second-order valence-electron chi connectivity index (χ2n) is 3.59. The molecule has 1 atom stereocenters. The van der Waals surface area contributed by atoms with Crippen molar-refractivity contribution in [2.75, 3.05) is 7.05 Å². The Hall–Kier alpha value is -1.75. The van der Waals surface area contributed by atoms with E-state index in [4.69, 9.17) is 0 Å². The predicted molar refractivity (Wildman–Crippen MR) is 58.4 cm³/mol. The molecule has 0 saturated carbocycles. The van der Waals surface area contributed by atoms with Gasteiger partial charge in [0, 0.05) is 0 Å². The SMILES string of the molecule is CNC(c1ncn[nH]1)c1ccc(F)cc1C. The molecule has 0 spiro atoms. The molecule has 2 aromatic rings. The molecule has 1 aromatic heterocycles. The Morgan fingerprint density at radius 2 is 2.25 bits per heavy atom. The topological polar surface area (TPSA) is 53.6 Å². The van der Waals surface area contributed by atoms with Gasteiger partial charge in [0.1, 0.15) is 18.0 Å². The molecule has 2 rings (SSSR count). The first-order valence-electron chi connectivity index (χ1n) is 5.01. The van der Waals surface area contributed by atoms with Crippen molar-refractivity contribution in [3.8, 4) is 0 Å². The van der Waals surface area contributed by atoms with Gasteiger partial charge < -0.3 is 5.32 Å². The second kappa shape index (κ2) is 4.40. The highest BCUT2D eigenvalue weighted by molar-refractivity contribution is 5.32. The number of benzene rings is 1. The summed E-state index contributed by atoms with van der Waals surface area (Å²) in [4.78, 5) is 4.10. The van der Waals surface area contributed by atoms with Gasteiger partial charge >= 0.3 is 0 Å². The lowest BCUT2D eigenvalue weighted by atomic mass is 10.0. The molecule has 0 fully saturated rings. The summed E-state index contributed by atoms with van der Waals surface area (Å²) in [6, 6.07) is 4.62. The third-order valence-electron chi connectivity index (χ3n) is 2.54. The lowest BCUT2D eigenvalue weighted by Gasteiger charge is -2.16. The Balaban J connectivity index is 2.41. The molecule has 0 aliphatic carbocycles. The van der Waals surface area contributed by atoms with Gasteiger partial charge in [-0.15, -0.1) is 0 Å². The third kappa shape index (κ3) is 1.94. The Morgan fingerprint density at radius 1 is 1.44 bits per heavy atom. The van der Waals surface area contributed by atoms with Gasteiger partial charge in [-0.3, -0.25) is 5.10 Å². The maximum absolute atomic E-state index is 13.0. The summed E-state index contributed by atoms with van der Waals surface area (Å²) in [5, 5.41) is 9.75. The van der Waals surface area contributed by atoms with Gasteiger partial charge in [0.25, 0.3) is 0 Å². The van der Waals surface area contributed by atoms with Crippen LogP contribution in [0.3, 0.4) is 0 Å². The smallest absolute Gasteiger partial charge is 0.145 e. The summed E-state index contributed by atoms with van der Waals surface area (Å²) in [6.45, 7) is 1.87. The third-order valence-corrected chi connectivity index (χ3v) is 2.54. The fraction of sp³-hybridized carbons (Fsp3) is 0.273. The number of nitrogens with one attached hydrogen (secondary N) is 2. The number of rotatable bonds is 3. The molecule has 1 unspecified atom stereocenters. The van der Waals surface area contributed by atoms with E-state index in [1.54, 1.807) is 6.07 Å². The highest BCUT2D eigenvalue weighted by atomic mass is 19.1. The number of hydrogen-bond acceptors (Lipinski definition) is 3. The lowest BCUT2D eigenvalue weighted by Crippen LogP contribution is -2.20. The van der Waals surface area contributed by atoms with E-state index in [2.05, 4.69) is 20.5 Å². The molecular weight excluding hydrogens is 207 g/mol. The Labute approximate surface area is 92.9 Å². The van der Waals surface area contributed by atoms with E-state index < -0.39 is 0 Å². The molecule has 0 aliphatic rings. The largest absolute Gasteiger partial charge is 0.307 e. The average Bonchev–Trinajstić information content (AvgIpc) is 2.75. The molecule has 0 aliphatic heterocycles. The fourth-order valence-electron chi connectivity index (χ4n) is 1.76. The minimum absolute atomic E-state index is 0.0944. The van der Waals surface area contributed by atoms with Crippen LogP contribution in [0.4, 0.5) is 4.39 Å². The molecule has 5 heteroatoms. The first-order valence-corrected chi connectivity index (χ1v) is 5.01. The lowest BCUT2D eigenvalue weighted by molar-refractivity contribution is 0.615. The molecule has 16 heavy (non-hydrogen) atoms. The van der Waals surface area contributed by atoms with Crippen LogP contribution in [0.5, 0.6) is 0 Å². The van der Waals surface area contributed by atoms with E-state index in [9.17, 15) is 4.39 Å². The van der Waals surface area contributed by atoms with Gasteiger partial charge in [0.15, 0.2) is 0 Å². The minimum atomic E-state index is -0.228. The Morgan fingerprint density at radius 3 is 2.81 bits per heavy atom. The number of aryl methyl sites for hydroxylation is 1. The molecule has 0 bridgehead atoms. The number of hydrogen-bond donors (Lipinski definition) is 2. The van der Waals surface area contributed by atoms with E-state index in [1.165, 1.54) is 18.5 Å². The van der Waals surface area contributed by atoms with Gasteiger partial charge in [-0.25, -0.2) is 9.37 Å². The molecule has 2 N–H and O–H groups in total. The van der Waals surface area contributed by atoms with Gasteiger partial charge in [0.2, 0.25) is 0 Å². The summed E-state index contributed by atoms with van der Waals surface area (Å²) in [6.07, 6.45) is 1.46. The van der Waals surface area contributed by atoms with Crippen molar-refractivity contribution in [3.63, 3.8) is 0 Å². The van der Waals surface area contributed by atoms with Crippen LogP contribution in [0.25, 0.3) is 0 Å². The van der Waals surface area contributed by atoms with Crippen molar-refractivity contribution in [2.45, 2.75) is 13.0 Å². The minimum Gasteiger partial charge on any atom is -0.307 e. The zero-order valence-electron chi connectivity index (χ0n) is 9.16. The quantitative estimate of drug-likeness (QED) is 0.825. The van der Waals surface area contributed by atoms with E-state index in [0.29, 0.717) is 0 Å². The molecular formula is C11H13FN4. The highest BCUT2D eigenvalue weighted by Gasteiger charge is 2.16. The zero-order valence-corrected chi connectivity index (χ0v) is 9.16. The normalized spacial score (nSPS) is 12.7. The number of aromatic amines is 1. The standard InChI is InChI=1S/C11H13FN4/c1-7-5-8(12)3-4-9(7)10(13-2)11-14-6-15-16-11/h3-6,10,13H,1-2H3,(H,14,15,16). The van der Waals surface area contributed by atoms with E-state index >= 15 is 0 Å². The number of aromatic nitrogens is 3. The van der Waals surface area contributed by atoms with Crippen molar-refractivity contribution in [3.05, 3.63) is 47.3 Å². The Bertz CT molecular complexity index is 467. The maximum Gasteiger partial charge on any atom is 0.145 e. The van der Waals surface area contributed by atoms with Crippen molar-refractivity contribution >= 4 is 0 Å². The first kappa shape index (κ1) is 10.8. The molecule has 1 heterocycles. The van der Waals surface area contributed by atoms with Crippen LogP contribution in [-0.2, 0) is 0 Å². The van der Waals surface area contributed by atoms with Gasteiger partial charge in [0.05, 0.1) is 6.04 Å². The van der Waals surface area contributed by atoms with Crippen LogP contribution in [-0.4, -0.2) is 22.2 Å². The molecule has 4 nitrogen and oxygen atoms in total. The van der Waals surface area contributed by atoms with Crippen LogP contribution < -0.4 is 5.32 Å². The summed E-state index contributed by atoms with van der Waals surface area (Å²) in [5.74, 6) is 0.492. The summed E-state index contributed by atoms with van der Waals surface area (Å²) >= 11 is 0. The summed E-state index contributed by atoms with van der Waals surface area (Å²) < 4.78 is 13.0. The van der Waals surface area contributed by atoms with E-state index in [-0.39, 0.29) is 11.9 Å². The van der Waals surface area contributed by atoms with Crippen LogP contribution in [0.15, 0.2) is 24.5 Å². The highest BCUT2D eigenvalue weighted by Crippen LogP contribution is 2.22. The van der Waals surface area contributed by atoms with Crippen molar-refractivity contribution in [1.29, 1.82) is 0 Å². The molecule has 1 aromatic carbocycles. The number of H-pyrrole nitrogens is 1. The average molecular weight is 220 g/mol. The van der Waals surface area contributed by atoms with Crippen molar-refractivity contribution < 1.29 is 4.39 Å². The summed E-state index contributed by atoms with van der Waals surface area (Å²) in [7, 11) is 1.83. The van der Waals surface area contributed by atoms with Crippen LogP contribution in [0, 0.1) is 12.7 Å². The van der Waals surface area contributed by atoms with Crippen molar-refractivity contribution in [2.24, 2.45) is 0 Å². The summed E-state index contributed by atoms with van der Waals surface area (Å²) in [5.41, 5.74) is 1.87. The second-order valence-corrected chi connectivity index (χ2v) is 3.59. The molecule has 84 valence electrons. The van der Waals surface area contributed by atoms with Crippen LogP contribution in [0.1, 0.15) is 23.0 Å². The van der Waals surface area contributed by atoms with Crippen LogP contribution in [0.2, 0.25) is 0 Å². The van der Waals surface area contributed by atoms with Crippen molar-refractivity contribution in [1.82, 2.24) is 20.5 Å². The zero-order chi connectivity index (χ0) is 11.5. The monoisotopic (exact) mass is 220 g/mol. The fourth-order valence-corrected chi connectivity index (χ4v) is 1.76.